The number of aromatic nitrogens is 2. The highest BCUT2D eigenvalue weighted by Gasteiger charge is 2.08. The third-order valence-corrected chi connectivity index (χ3v) is 2.15. The van der Waals surface area contributed by atoms with Gasteiger partial charge in [-0.15, -0.1) is 10.2 Å². The molecule has 2 amide bonds. The van der Waals surface area contributed by atoms with Gasteiger partial charge in [0.2, 0.25) is 17.7 Å². The van der Waals surface area contributed by atoms with Gasteiger partial charge in [0, 0.05) is 6.92 Å². The standard InChI is InChI=1S/C7H11N5O3S/c1-4(13)9-10-5(14)3-16-7-12-11-6(2-8)15-7/h2-3,8H2,1H3,(H,9,13)(H,10,14). The number of carbonyl (C=O) groups is 2. The van der Waals surface area contributed by atoms with Crippen LogP contribution in [-0.4, -0.2) is 27.8 Å². The van der Waals surface area contributed by atoms with E-state index in [4.69, 9.17) is 10.2 Å². The molecule has 1 aromatic rings. The third-order valence-electron chi connectivity index (χ3n) is 1.33. The lowest BCUT2D eigenvalue weighted by molar-refractivity contribution is -0.126. The predicted molar refractivity (Wildman–Crippen MR) is 54.9 cm³/mol. The van der Waals surface area contributed by atoms with E-state index in [1.807, 2.05) is 0 Å². The maximum absolute atomic E-state index is 11.1. The molecule has 0 radical (unpaired) electrons. The molecule has 0 saturated heterocycles. The molecule has 0 saturated carbocycles. The summed E-state index contributed by atoms with van der Waals surface area (Å²) in [7, 11) is 0. The van der Waals surface area contributed by atoms with E-state index in [9.17, 15) is 9.59 Å². The molecule has 0 aliphatic heterocycles. The van der Waals surface area contributed by atoms with Gasteiger partial charge in [-0.1, -0.05) is 11.8 Å². The van der Waals surface area contributed by atoms with Crippen molar-refractivity contribution in [2.45, 2.75) is 18.7 Å². The number of nitrogens with one attached hydrogen (secondary N) is 2. The maximum Gasteiger partial charge on any atom is 0.277 e. The highest BCUT2D eigenvalue weighted by Crippen LogP contribution is 2.14. The quantitative estimate of drug-likeness (QED) is 0.449. The summed E-state index contributed by atoms with van der Waals surface area (Å²) < 4.78 is 5.06. The number of rotatable bonds is 4. The van der Waals surface area contributed by atoms with Crippen molar-refractivity contribution in [3.8, 4) is 0 Å². The van der Waals surface area contributed by atoms with E-state index in [-0.39, 0.29) is 29.3 Å². The molecule has 9 heteroatoms. The van der Waals surface area contributed by atoms with Crippen LogP contribution in [0.1, 0.15) is 12.8 Å². The fourth-order valence-electron chi connectivity index (χ4n) is 0.700. The molecule has 0 unspecified atom stereocenters. The van der Waals surface area contributed by atoms with E-state index >= 15 is 0 Å². The number of hydrogen-bond acceptors (Lipinski definition) is 7. The summed E-state index contributed by atoms with van der Waals surface area (Å²) in [4.78, 5) is 21.6. The van der Waals surface area contributed by atoms with Crippen LogP contribution in [0.2, 0.25) is 0 Å². The molecule has 0 aromatic carbocycles. The Hall–Kier alpha value is -1.61. The third kappa shape index (κ3) is 4.28. The van der Waals surface area contributed by atoms with Crippen LogP contribution in [0, 0.1) is 0 Å². The fraction of sp³-hybridized carbons (Fsp3) is 0.429. The number of nitrogens with two attached hydrogens (primary N) is 1. The lowest BCUT2D eigenvalue weighted by Crippen LogP contribution is -2.41. The van der Waals surface area contributed by atoms with Crippen molar-refractivity contribution in [3.05, 3.63) is 5.89 Å². The van der Waals surface area contributed by atoms with Crippen molar-refractivity contribution >= 4 is 23.6 Å². The molecule has 1 aromatic heterocycles. The Kier molecular flexibility index (Phi) is 4.73. The van der Waals surface area contributed by atoms with Crippen molar-refractivity contribution in [1.82, 2.24) is 21.0 Å². The zero-order chi connectivity index (χ0) is 12.0. The maximum atomic E-state index is 11.1. The molecule has 4 N–H and O–H groups in total. The Morgan fingerprint density at radius 1 is 1.44 bits per heavy atom. The Morgan fingerprint density at radius 3 is 2.75 bits per heavy atom. The Labute approximate surface area is 95.3 Å². The van der Waals surface area contributed by atoms with Crippen molar-refractivity contribution in [2.75, 3.05) is 5.75 Å². The molecule has 0 aliphatic rings. The van der Waals surface area contributed by atoms with Gasteiger partial charge in [-0.05, 0) is 0 Å². The van der Waals surface area contributed by atoms with Gasteiger partial charge in [0.05, 0.1) is 12.3 Å². The molecule has 88 valence electrons. The van der Waals surface area contributed by atoms with E-state index in [0.29, 0.717) is 5.89 Å². The van der Waals surface area contributed by atoms with Crippen LogP contribution < -0.4 is 16.6 Å². The fourth-order valence-corrected chi connectivity index (χ4v) is 1.28. The van der Waals surface area contributed by atoms with Crippen LogP contribution in [0.3, 0.4) is 0 Å². The average molecular weight is 245 g/mol. The second-order valence-corrected chi connectivity index (χ2v) is 3.61. The lowest BCUT2D eigenvalue weighted by atomic mass is 10.7. The van der Waals surface area contributed by atoms with Gasteiger partial charge in [0.1, 0.15) is 0 Å². The summed E-state index contributed by atoms with van der Waals surface area (Å²) in [6, 6.07) is 0. The molecule has 16 heavy (non-hydrogen) atoms. The number of amides is 2. The summed E-state index contributed by atoms with van der Waals surface area (Å²) in [6.07, 6.45) is 0. The lowest BCUT2D eigenvalue weighted by Gasteiger charge is -2.02. The second-order valence-electron chi connectivity index (χ2n) is 2.68. The molecule has 1 heterocycles. The number of carbonyl (C=O) groups excluding carboxylic acids is 2. The molecule has 0 bridgehead atoms. The molecule has 0 aliphatic carbocycles. The molecule has 0 atom stereocenters. The summed E-state index contributed by atoms with van der Waals surface area (Å²) in [6.45, 7) is 1.45. The van der Waals surface area contributed by atoms with Crippen molar-refractivity contribution < 1.29 is 14.0 Å². The Bertz CT molecular complexity index is 380. The molecule has 0 spiro atoms. The highest BCUT2D eigenvalue weighted by molar-refractivity contribution is 7.99. The predicted octanol–water partition coefficient (Wildman–Crippen LogP) is -1.21. The minimum atomic E-state index is -0.368. The monoisotopic (exact) mass is 245 g/mol. The van der Waals surface area contributed by atoms with E-state index in [2.05, 4.69) is 21.0 Å². The van der Waals surface area contributed by atoms with Crippen LogP contribution in [0.25, 0.3) is 0 Å². The van der Waals surface area contributed by atoms with Gasteiger partial charge >= 0.3 is 0 Å². The summed E-state index contributed by atoms with van der Waals surface area (Å²) >= 11 is 1.06. The zero-order valence-corrected chi connectivity index (χ0v) is 9.34. The number of nitrogens with zero attached hydrogens (tertiary/aromatic N) is 2. The second kappa shape index (κ2) is 6.08. The highest BCUT2D eigenvalue weighted by atomic mass is 32.2. The van der Waals surface area contributed by atoms with Crippen LogP contribution in [0.4, 0.5) is 0 Å². The first-order valence-electron chi connectivity index (χ1n) is 4.32. The topological polar surface area (TPSA) is 123 Å². The molecule has 1 rings (SSSR count). The zero-order valence-electron chi connectivity index (χ0n) is 8.52. The van der Waals surface area contributed by atoms with Crippen LogP contribution >= 0.6 is 11.8 Å². The van der Waals surface area contributed by atoms with Crippen molar-refractivity contribution in [2.24, 2.45) is 5.73 Å². The number of hydrazine groups is 1. The average Bonchev–Trinajstić information content (AvgIpc) is 2.71. The van der Waals surface area contributed by atoms with Crippen LogP contribution in [0.5, 0.6) is 0 Å². The summed E-state index contributed by atoms with van der Waals surface area (Å²) in [5, 5.41) is 7.54. The Balaban J connectivity index is 2.28. The van der Waals surface area contributed by atoms with Crippen molar-refractivity contribution in [1.29, 1.82) is 0 Å². The molecule has 8 nitrogen and oxygen atoms in total. The van der Waals surface area contributed by atoms with Crippen LogP contribution in [0.15, 0.2) is 9.64 Å². The first-order valence-corrected chi connectivity index (χ1v) is 5.31. The first-order chi connectivity index (χ1) is 7.61. The van der Waals surface area contributed by atoms with Gasteiger partial charge in [-0.2, -0.15) is 0 Å². The van der Waals surface area contributed by atoms with Gasteiger partial charge in [0.15, 0.2) is 0 Å². The first kappa shape index (κ1) is 12.5. The van der Waals surface area contributed by atoms with E-state index in [1.54, 1.807) is 0 Å². The van der Waals surface area contributed by atoms with Gasteiger partial charge in [-0.3, -0.25) is 20.4 Å². The molecular formula is C7H11N5O3S. The SMILES string of the molecule is CC(=O)NNC(=O)CSc1nnc(CN)o1. The molecule has 0 fully saturated rings. The van der Waals surface area contributed by atoms with Gasteiger partial charge in [0.25, 0.3) is 5.22 Å². The molecular weight excluding hydrogens is 234 g/mol. The summed E-state index contributed by atoms with van der Waals surface area (Å²) in [5.41, 5.74) is 9.63. The van der Waals surface area contributed by atoms with Crippen molar-refractivity contribution in [3.63, 3.8) is 0 Å². The Morgan fingerprint density at radius 2 is 2.19 bits per heavy atom. The van der Waals surface area contributed by atoms with Crippen LogP contribution in [-0.2, 0) is 16.1 Å². The van der Waals surface area contributed by atoms with Gasteiger partial charge < -0.3 is 10.2 Å². The largest absolute Gasteiger partial charge is 0.415 e. The van der Waals surface area contributed by atoms with E-state index < -0.39 is 0 Å². The summed E-state index contributed by atoms with van der Waals surface area (Å²) in [5.74, 6) is -0.342. The normalized spacial score (nSPS) is 9.88. The van der Waals surface area contributed by atoms with Gasteiger partial charge in [-0.25, -0.2) is 0 Å². The smallest absolute Gasteiger partial charge is 0.277 e. The minimum Gasteiger partial charge on any atom is -0.415 e. The number of hydrogen-bond donors (Lipinski definition) is 3. The van der Waals surface area contributed by atoms with E-state index in [0.717, 1.165) is 11.8 Å². The minimum absolute atomic E-state index is 0.0620. The number of thioether (sulfide) groups is 1. The van der Waals surface area contributed by atoms with E-state index in [1.165, 1.54) is 6.92 Å².